The Bertz CT molecular complexity index is 1350. The highest BCUT2D eigenvalue weighted by Gasteiger charge is 2.10. The van der Waals surface area contributed by atoms with Gasteiger partial charge in [-0.25, -0.2) is 4.98 Å². The van der Waals surface area contributed by atoms with E-state index in [1.807, 2.05) is 44.2 Å². The van der Waals surface area contributed by atoms with Gasteiger partial charge in [0.05, 0.1) is 29.8 Å². The number of carbonyl (C=O) groups excluding carboxylic acids is 1. The van der Waals surface area contributed by atoms with Gasteiger partial charge in [-0.15, -0.1) is 0 Å². The summed E-state index contributed by atoms with van der Waals surface area (Å²) < 4.78 is 12.7. The van der Waals surface area contributed by atoms with E-state index in [1.54, 1.807) is 36.4 Å². The van der Waals surface area contributed by atoms with Crippen molar-refractivity contribution in [2.24, 2.45) is 0 Å². The van der Waals surface area contributed by atoms with Gasteiger partial charge in [0.15, 0.2) is 11.5 Å². The van der Waals surface area contributed by atoms with E-state index in [9.17, 15) is 9.59 Å². The third-order valence-corrected chi connectivity index (χ3v) is 5.38. The van der Waals surface area contributed by atoms with Crippen LogP contribution in [-0.4, -0.2) is 35.2 Å². The molecule has 1 aromatic heterocycles. The lowest BCUT2D eigenvalue weighted by Gasteiger charge is -2.13. The maximum atomic E-state index is 12.8. The van der Waals surface area contributed by atoms with Crippen LogP contribution in [0.15, 0.2) is 77.9 Å². The molecule has 0 aliphatic rings. The highest BCUT2D eigenvalue weighted by atomic mass is 16.5. The number of ether oxygens (including phenoxy) is 2. The van der Waals surface area contributed by atoms with E-state index in [0.717, 1.165) is 11.3 Å². The second kappa shape index (κ2) is 10.7. The van der Waals surface area contributed by atoms with Gasteiger partial charge in [-0.2, -0.15) is 0 Å². The van der Waals surface area contributed by atoms with Gasteiger partial charge >= 0.3 is 0 Å². The van der Waals surface area contributed by atoms with Crippen molar-refractivity contribution in [3.63, 3.8) is 0 Å². The third kappa shape index (κ3) is 5.09. The van der Waals surface area contributed by atoms with E-state index < -0.39 is 0 Å². The Labute approximate surface area is 198 Å². The minimum absolute atomic E-state index is 0.149. The van der Waals surface area contributed by atoms with Gasteiger partial charge in [0.25, 0.3) is 11.5 Å². The van der Waals surface area contributed by atoms with Crippen LogP contribution in [0, 0.1) is 0 Å². The van der Waals surface area contributed by atoms with E-state index in [-0.39, 0.29) is 11.5 Å². The normalized spacial score (nSPS) is 10.8. The standard InChI is InChI=1S/C27H27N3O4/c1-3-33-24-14-9-19(17-25(24)34-4-2)15-16-28-26(31)20-10-12-21(13-11-20)30-18-29-23-8-6-5-7-22(23)27(30)32/h5-14,17-18H,3-4,15-16H2,1-2H3,(H,28,31). The monoisotopic (exact) mass is 457 g/mol. The van der Waals surface area contributed by atoms with E-state index in [4.69, 9.17) is 9.47 Å². The fourth-order valence-corrected chi connectivity index (χ4v) is 3.70. The molecule has 0 atom stereocenters. The lowest BCUT2D eigenvalue weighted by molar-refractivity contribution is 0.0954. The first-order valence-electron chi connectivity index (χ1n) is 11.3. The molecule has 0 aliphatic carbocycles. The summed E-state index contributed by atoms with van der Waals surface area (Å²) in [5, 5.41) is 3.49. The summed E-state index contributed by atoms with van der Waals surface area (Å²) in [5.74, 6) is 1.26. The number of amides is 1. The predicted molar refractivity (Wildman–Crippen MR) is 132 cm³/mol. The van der Waals surface area contributed by atoms with Crippen molar-refractivity contribution in [1.29, 1.82) is 0 Å². The maximum Gasteiger partial charge on any atom is 0.265 e. The van der Waals surface area contributed by atoms with Gasteiger partial charge in [0.2, 0.25) is 0 Å². The zero-order chi connectivity index (χ0) is 23.9. The molecule has 0 saturated carbocycles. The second-order valence-corrected chi connectivity index (χ2v) is 7.64. The van der Waals surface area contributed by atoms with E-state index >= 15 is 0 Å². The van der Waals surface area contributed by atoms with Gasteiger partial charge in [-0.3, -0.25) is 14.2 Å². The Hall–Kier alpha value is -4.13. The number of aromatic nitrogens is 2. The van der Waals surface area contributed by atoms with Gasteiger partial charge in [0, 0.05) is 12.1 Å². The minimum Gasteiger partial charge on any atom is -0.490 e. The van der Waals surface area contributed by atoms with Crippen molar-refractivity contribution in [2.75, 3.05) is 19.8 Å². The smallest absolute Gasteiger partial charge is 0.265 e. The van der Waals surface area contributed by atoms with Crippen molar-refractivity contribution in [2.45, 2.75) is 20.3 Å². The first kappa shape index (κ1) is 23.0. The zero-order valence-electron chi connectivity index (χ0n) is 19.3. The van der Waals surface area contributed by atoms with Crippen molar-refractivity contribution in [3.8, 4) is 17.2 Å². The van der Waals surface area contributed by atoms with Crippen LogP contribution >= 0.6 is 0 Å². The van der Waals surface area contributed by atoms with Crippen LogP contribution in [-0.2, 0) is 6.42 Å². The number of rotatable bonds is 9. The summed E-state index contributed by atoms with van der Waals surface area (Å²) in [6, 6.07) is 19.9. The topological polar surface area (TPSA) is 82.5 Å². The number of nitrogens with one attached hydrogen (secondary N) is 1. The Morgan fingerprint density at radius 2 is 1.68 bits per heavy atom. The lowest BCUT2D eigenvalue weighted by Crippen LogP contribution is -2.25. The summed E-state index contributed by atoms with van der Waals surface area (Å²) in [6.07, 6.45) is 2.17. The van der Waals surface area contributed by atoms with Crippen molar-refractivity contribution in [1.82, 2.24) is 14.9 Å². The molecular weight excluding hydrogens is 430 g/mol. The van der Waals surface area contributed by atoms with Crippen molar-refractivity contribution < 1.29 is 14.3 Å². The number of hydrogen-bond acceptors (Lipinski definition) is 5. The van der Waals surface area contributed by atoms with Crippen molar-refractivity contribution in [3.05, 3.63) is 94.5 Å². The SMILES string of the molecule is CCOc1ccc(CCNC(=O)c2ccc(-n3cnc4ccccc4c3=O)cc2)cc1OCC. The molecule has 4 rings (SSSR count). The molecule has 4 aromatic rings. The van der Waals surface area contributed by atoms with Gasteiger partial charge in [-0.1, -0.05) is 18.2 Å². The summed E-state index contributed by atoms with van der Waals surface area (Å²) in [6.45, 7) is 5.47. The average molecular weight is 458 g/mol. The molecule has 0 bridgehead atoms. The second-order valence-electron chi connectivity index (χ2n) is 7.64. The molecule has 0 spiro atoms. The highest BCUT2D eigenvalue weighted by Crippen LogP contribution is 2.28. The maximum absolute atomic E-state index is 12.8. The van der Waals surface area contributed by atoms with Crippen LogP contribution in [0.25, 0.3) is 16.6 Å². The van der Waals surface area contributed by atoms with Gasteiger partial charge in [-0.05, 0) is 74.4 Å². The Morgan fingerprint density at radius 1 is 0.941 bits per heavy atom. The number of benzene rings is 3. The Balaban J connectivity index is 1.40. The number of nitrogens with zero attached hydrogens (tertiary/aromatic N) is 2. The van der Waals surface area contributed by atoms with Crippen molar-refractivity contribution >= 4 is 16.8 Å². The third-order valence-electron chi connectivity index (χ3n) is 5.38. The predicted octanol–water partition coefficient (Wildman–Crippen LogP) is 4.16. The van der Waals surface area contributed by atoms with E-state index in [0.29, 0.717) is 54.1 Å². The molecule has 0 saturated heterocycles. The molecule has 174 valence electrons. The Morgan fingerprint density at radius 3 is 2.44 bits per heavy atom. The average Bonchev–Trinajstić information content (AvgIpc) is 2.86. The molecule has 0 fully saturated rings. The molecule has 34 heavy (non-hydrogen) atoms. The largest absolute Gasteiger partial charge is 0.490 e. The fraction of sp³-hybridized carbons (Fsp3) is 0.222. The minimum atomic E-state index is -0.175. The van der Waals surface area contributed by atoms with Crippen LogP contribution in [0.5, 0.6) is 11.5 Å². The first-order chi connectivity index (χ1) is 16.6. The molecule has 1 amide bonds. The Kier molecular flexibility index (Phi) is 7.22. The number of para-hydroxylation sites is 1. The van der Waals surface area contributed by atoms with Crippen LogP contribution in [0.1, 0.15) is 29.8 Å². The molecule has 1 N–H and O–H groups in total. The molecule has 1 heterocycles. The van der Waals surface area contributed by atoms with Crippen LogP contribution in [0.3, 0.4) is 0 Å². The van der Waals surface area contributed by atoms with Crippen LogP contribution in [0.4, 0.5) is 0 Å². The zero-order valence-corrected chi connectivity index (χ0v) is 19.3. The summed E-state index contributed by atoms with van der Waals surface area (Å²) in [5.41, 5.74) is 2.72. The van der Waals surface area contributed by atoms with Gasteiger partial charge in [0.1, 0.15) is 6.33 Å². The molecule has 0 radical (unpaired) electrons. The van der Waals surface area contributed by atoms with Crippen LogP contribution < -0.4 is 20.3 Å². The van der Waals surface area contributed by atoms with Crippen LogP contribution in [0.2, 0.25) is 0 Å². The molecule has 0 aliphatic heterocycles. The molecule has 3 aromatic carbocycles. The molecule has 7 nitrogen and oxygen atoms in total. The van der Waals surface area contributed by atoms with E-state index in [1.165, 1.54) is 10.9 Å². The summed E-state index contributed by atoms with van der Waals surface area (Å²) in [7, 11) is 0. The number of carbonyl (C=O) groups is 1. The van der Waals surface area contributed by atoms with Gasteiger partial charge < -0.3 is 14.8 Å². The fourth-order valence-electron chi connectivity index (χ4n) is 3.70. The summed E-state index contributed by atoms with van der Waals surface area (Å²) in [4.78, 5) is 29.7. The highest BCUT2D eigenvalue weighted by molar-refractivity contribution is 5.94. The quantitative estimate of drug-likeness (QED) is 0.408. The molecular formula is C27H27N3O4. The first-order valence-corrected chi connectivity index (χ1v) is 11.3. The molecule has 0 unspecified atom stereocenters. The summed E-state index contributed by atoms with van der Waals surface area (Å²) >= 11 is 0. The number of fused-ring (bicyclic) bond motifs is 1. The lowest BCUT2D eigenvalue weighted by atomic mass is 10.1. The van der Waals surface area contributed by atoms with E-state index in [2.05, 4.69) is 10.3 Å². The molecule has 7 heteroatoms. The number of hydrogen-bond donors (Lipinski definition) is 1.